The van der Waals surface area contributed by atoms with Crippen molar-refractivity contribution in [1.82, 2.24) is 10.6 Å². The average Bonchev–Trinajstić information content (AvgIpc) is 2.11. The average molecular weight is 254 g/mol. The predicted molar refractivity (Wildman–Crippen MR) is 72.0 cm³/mol. The van der Waals surface area contributed by atoms with Crippen molar-refractivity contribution in [3.05, 3.63) is 0 Å². The first-order valence-electron chi connectivity index (χ1n) is 6.95. The first-order chi connectivity index (χ1) is 8.36. The van der Waals surface area contributed by atoms with Gasteiger partial charge in [0.2, 0.25) is 11.8 Å². The fraction of sp³-hybridized carbons (Fsp3) is 0.857. The fourth-order valence-corrected chi connectivity index (χ4v) is 2.17. The second kappa shape index (κ2) is 6.76. The molecular formula is C14H26N2O2. The molecule has 0 aliphatic heterocycles. The highest BCUT2D eigenvalue weighted by Gasteiger charge is 2.31. The van der Waals surface area contributed by atoms with Gasteiger partial charge in [0.25, 0.3) is 0 Å². The van der Waals surface area contributed by atoms with Crippen LogP contribution in [0.5, 0.6) is 0 Å². The molecule has 0 bridgehead atoms. The summed E-state index contributed by atoms with van der Waals surface area (Å²) in [4.78, 5) is 23.1. The second-order valence-corrected chi connectivity index (χ2v) is 6.20. The van der Waals surface area contributed by atoms with Crippen molar-refractivity contribution in [3.63, 3.8) is 0 Å². The lowest BCUT2D eigenvalue weighted by atomic mass is 9.86. The summed E-state index contributed by atoms with van der Waals surface area (Å²) in [7, 11) is 0. The molecule has 4 nitrogen and oxygen atoms in total. The predicted octanol–water partition coefficient (Wildman–Crippen LogP) is 1.84. The van der Waals surface area contributed by atoms with E-state index >= 15 is 0 Å². The summed E-state index contributed by atoms with van der Waals surface area (Å²) in [5, 5.41) is 6.00. The number of nitrogens with one attached hydrogen (secondary N) is 2. The van der Waals surface area contributed by atoms with E-state index in [1.165, 1.54) is 0 Å². The topological polar surface area (TPSA) is 58.2 Å². The first-order valence-corrected chi connectivity index (χ1v) is 6.95. The minimum atomic E-state index is 0.127. The van der Waals surface area contributed by atoms with Crippen molar-refractivity contribution in [3.8, 4) is 0 Å². The van der Waals surface area contributed by atoms with E-state index in [1.807, 2.05) is 27.7 Å². The fourth-order valence-electron chi connectivity index (χ4n) is 2.17. The number of carbonyl (C=O) groups excluding carboxylic acids is 2. The van der Waals surface area contributed by atoms with Gasteiger partial charge in [0.1, 0.15) is 0 Å². The SMILES string of the molecule is CC(C)CC(=O)NC1CC(NC(=O)CC(C)C)C1. The molecule has 4 heteroatoms. The Labute approximate surface area is 110 Å². The van der Waals surface area contributed by atoms with Gasteiger partial charge in [0.15, 0.2) is 0 Å². The molecule has 2 N–H and O–H groups in total. The largest absolute Gasteiger partial charge is 0.353 e. The van der Waals surface area contributed by atoms with Crippen molar-refractivity contribution in [2.75, 3.05) is 0 Å². The zero-order valence-electron chi connectivity index (χ0n) is 12.0. The first kappa shape index (κ1) is 15.0. The van der Waals surface area contributed by atoms with Crippen LogP contribution in [0, 0.1) is 11.8 Å². The van der Waals surface area contributed by atoms with Gasteiger partial charge in [-0.25, -0.2) is 0 Å². The molecule has 0 aromatic rings. The van der Waals surface area contributed by atoms with Crippen LogP contribution in [0.15, 0.2) is 0 Å². The Bertz CT molecular complexity index is 266. The van der Waals surface area contributed by atoms with Gasteiger partial charge in [-0.05, 0) is 24.7 Å². The van der Waals surface area contributed by atoms with Crippen LogP contribution in [0.25, 0.3) is 0 Å². The van der Waals surface area contributed by atoms with Crippen LogP contribution < -0.4 is 10.6 Å². The van der Waals surface area contributed by atoms with Crippen LogP contribution >= 0.6 is 0 Å². The zero-order chi connectivity index (χ0) is 13.7. The third-order valence-corrected chi connectivity index (χ3v) is 3.06. The van der Waals surface area contributed by atoms with E-state index in [1.54, 1.807) is 0 Å². The molecule has 1 fully saturated rings. The van der Waals surface area contributed by atoms with Crippen LogP contribution in [0.1, 0.15) is 53.4 Å². The molecular weight excluding hydrogens is 228 g/mol. The summed E-state index contributed by atoms with van der Waals surface area (Å²) in [6, 6.07) is 0.501. The minimum Gasteiger partial charge on any atom is -0.353 e. The Balaban J connectivity index is 2.12. The molecule has 1 rings (SSSR count). The van der Waals surface area contributed by atoms with Crippen molar-refractivity contribution in [2.24, 2.45) is 11.8 Å². The van der Waals surface area contributed by atoms with Crippen molar-refractivity contribution in [2.45, 2.75) is 65.5 Å². The lowest BCUT2D eigenvalue weighted by molar-refractivity contribution is -0.124. The maximum absolute atomic E-state index is 11.5. The molecule has 0 spiro atoms. The quantitative estimate of drug-likeness (QED) is 0.760. The Morgan fingerprint density at radius 1 is 0.889 bits per heavy atom. The summed E-state index contributed by atoms with van der Waals surface area (Å²) >= 11 is 0. The molecule has 0 aromatic heterocycles. The number of hydrogen-bond acceptors (Lipinski definition) is 2. The van der Waals surface area contributed by atoms with Crippen LogP contribution in [0.4, 0.5) is 0 Å². The van der Waals surface area contributed by atoms with E-state index < -0.39 is 0 Å². The Morgan fingerprint density at radius 2 is 1.22 bits per heavy atom. The van der Waals surface area contributed by atoms with Crippen LogP contribution in [-0.4, -0.2) is 23.9 Å². The highest BCUT2D eigenvalue weighted by Crippen LogP contribution is 2.20. The maximum atomic E-state index is 11.5. The highest BCUT2D eigenvalue weighted by atomic mass is 16.2. The van der Waals surface area contributed by atoms with Gasteiger partial charge in [0, 0.05) is 24.9 Å². The van der Waals surface area contributed by atoms with E-state index in [4.69, 9.17) is 0 Å². The molecule has 0 unspecified atom stereocenters. The molecule has 1 aliphatic rings. The molecule has 18 heavy (non-hydrogen) atoms. The van der Waals surface area contributed by atoms with E-state index in [-0.39, 0.29) is 23.9 Å². The normalized spacial score (nSPS) is 22.8. The molecule has 2 amide bonds. The third-order valence-electron chi connectivity index (χ3n) is 3.06. The Morgan fingerprint density at radius 3 is 1.50 bits per heavy atom. The molecule has 0 aromatic carbocycles. The number of amides is 2. The highest BCUT2D eigenvalue weighted by molar-refractivity contribution is 5.77. The van der Waals surface area contributed by atoms with Gasteiger partial charge in [-0.1, -0.05) is 27.7 Å². The van der Waals surface area contributed by atoms with E-state index in [9.17, 15) is 9.59 Å². The third kappa shape index (κ3) is 5.52. The van der Waals surface area contributed by atoms with Gasteiger partial charge in [-0.2, -0.15) is 0 Å². The lowest BCUT2D eigenvalue weighted by Gasteiger charge is -2.36. The summed E-state index contributed by atoms with van der Waals surface area (Å²) in [6.07, 6.45) is 2.91. The lowest BCUT2D eigenvalue weighted by Crippen LogP contribution is -2.53. The van der Waals surface area contributed by atoms with E-state index in [0.29, 0.717) is 24.7 Å². The van der Waals surface area contributed by atoms with Crippen LogP contribution in [0.3, 0.4) is 0 Å². The molecule has 1 saturated carbocycles. The van der Waals surface area contributed by atoms with Crippen LogP contribution in [0.2, 0.25) is 0 Å². The van der Waals surface area contributed by atoms with E-state index in [2.05, 4.69) is 10.6 Å². The molecule has 0 heterocycles. The van der Waals surface area contributed by atoms with Crippen LogP contribution in [-0.2, 0) is 9.59 Å². The smallest absolute Gasteiger partial charge is 0.220 e. The monoisotopic (exact) mass is 254 g/mol. The molecule has 104 valence electrons. The second-order valence-electron chi connectivity index (χ2n) is 6.20. The molecule has 0 saturated heterocycles. The summed E-state index contributed by atoms with van der Waals surface area (Å²) < 4.78 is 0. The number of carbonyl (C=O) groups is 2. The van der Waals surface area contributed by atoms with Gasteiger partial charge in [-0.15, -0.1) is 0 Å². The molecule has 1 aliphatic carbocycles. The van der Waals surface area contributed by atoms with E-state index in [0.717, 1.165) is 12.8 Å². The summed E-state index contributed by atoms with van der Waals surface area (Å²) in [5.41, 5.74) is 0. The maximum Gasteiger partial charge on any atom is 0.220 e. The molecule has 0 atom stereocenters. The van der Waals surface area contributed by atoms with Crippen molar-refractivity contribution >= 4 is 11.8 Å². The Kier molecular flexibility index (Phi) is 5.63. The van der Waals surface area contributed by atoms with Crippen molar-refractivity contribution < 1.29 is 9.59 Å². The summed E-state index contributed by atoms with van der Waals surface area (Å²) in [6.45, 7) is 8.15. The number of hydrogen-bond donors (Lipinski definition) is 2. The van der Waals surface area contributed by atoms with Crippen molar-refractivity contribution in [1.29, 1.82) is 0 Å². The molecule has 0 radical (unpaired) electrons. The summed E-state index contributed by atoms with van der Waals surface area (Å²) in [5.74, 6) is 1.04. The Hall–Kier alpha value is -1.06. The number of rotatable bonds is 6. The standard InChI is InChI=1S/C14H26N2O2/c1-9(2)5-13(17)15-11-7-12(8-11)16-14(18)6-10(3)4/h9-12H,5-8H2,1-4H3,(H,15,17)(H,16,18). The minimum absolute atomic E-state index is 0.127. The zero-order valence-corrected chi connectivity index (χ0v) is 12.0. The van der Waals surface area contributed by atoms with Gasteiger partial charge >= 0.3 is 0 Å². The van der Waals surface area contributed by atoms with Gasteiger partial charge < -0.3 is 10.6 Å². The van der Waals surface area contributed by atoms with Gasteiger partial charge in [0.05, 0.1) is 0 Å². The van der Waals surface area contributed by atoms with Gasteiger partial charge in [-0.3, -0.25) is 9.59 Å².